The number of aromatic nitrogens is 1. The molecule has 0 unspecified atom stereocenters. The van der Waals surface area contributed by atoms with Crippen LogP contribution in [-0.2, 0) is 10.0 Å². The van der Waals surface area contributed by atoms with E-state index < -0.39 is 10.0 Å². The fraction of sp³-hybridized carbons (Fsp3) is 0.500. The number of thiazole rings is 1. The first-order valence-corrected chi connectivity index (χ1v) is 6.46. The molecule has 0 aromatic carbocycles. The lowest BCUT2D eigenvalue weighted by Gasteiger charge is -2.01. The first kappa shape index (κ1) is 11.9. The van der Waals surface area contributed by atoms with E-state index in [1.165, 1.54) is 6.20 Å². The number of nitrogens with zero attached hydrogens (tertiary/aromatic N) is 1. The summed E-state index contributed by atoms with van der Waals surface area (Å²) in [7, 11) is -3.50. The topological polar surface area (TPSA) is 79.3 Å². The minimum atomic E-state index is -3.50. The molecule has 5 nitrogen and oxygen atoms in total. The van der Waals surface area contributed by atoms with E-state index in [9.17, 15) is 8.42 Å². The van der Waals surface area contributed by atoms with E-state index in [1.54, 1.807) is 0 Å². The molecule has 0 saturated heterocycles. The van der Waals surface area contributed by atoms with Gasteiger partial charge >= 0.3 is 0 Å². The average Bonchev–Trinajstić information content (AvgIpc) is 2.53. The fourth-order valence-corrected chi connectivity index (χ4v) is 3.13. The number of halogens is 1. The lowest BCUT2D eigenvalue weighted by Crippen LogP contribution is -2.24. The third-order valence-corrected chi connectivity index (χ3v) is 4.39. The van der Waals surface area contributed by atoms with Gasteiger partial charge < -0.3 is 5.11 Å². The van der Waals surface area contributed by atoms with Crippen LogP contribution in [0.1, 0.15) is 6.42 Å². The van der Waals surface area contributed by atoms with Crippen molar-refractivity contribution in [1.82, 2.24) is 9.71 Å². The summed E-state index contributed by atoms with van der Waals surface area (Å²) in [5, 5.41) is 8.47. The Kier molecular flexibility index (Phi) is 4.27. The Morgan fingerprint density at radius 3 is 2.86 bits per heavy atom. The smallest absolute Gasteiger partial charge is 0.251 e. The summed E-state index contributed by atoms with van der Waals surface area (Å²) in [6.45, 7) is 0.153. The van der Waals surface area contributed by atoms with Gasteiger partial charge in [0.2, 0.25) is 0 Å². The van der Waals surface area contributed by atoms with Crippen LogP contribution < -0.4 is 4.72 Å². The minimum absolute atomic E-state index is 0.0496. The molecule has 2 N–H and O–H groups in total. The van der Waals surface area contributed by atoms with E-state index in [0.29, 0.717) is 6.42 Å². The molecule has 1 rings (SSSR count). The number of aliphatic hydroxyl groups excluding tert-OH is 1. The van der Waals surface area contributed by atoms with Crippen molar-refractivity contribution in [3.8, 4) is 0 Å². The molecule has 0 radical (unpaired) electrons. The molecule has 0 aliphatic heterocycles. The van der Waals surface area contributed by atoms with Crippen molar-refractivity contribution in [3.05, 3.63) is 10.7 Å². The maximum absolute atomic E-state index is 11.4. The SMILES string of the molecule is O=S(=O)(NCCCO)c1cnc(Cl)s1. The number of rotatable bonds is 5. The molecule has 0 spiro atoms. The summed E-state index contributed by atoms with van der Waals surface area (Å²) in [6, 6.07) is 0. The van der Waals surface area contributed by atoms with Crippen molar-refractivity contribution in [2.75, 3.05) is 13.2 Å². The van der Waals surface area contributed by atoms with Crippen LogP contribution in [0.25, 0.3) is 0 Å². The van der Waals surface area contributed by atoms with Gasteiger partial charge in [-0.2, -0.15) is 0 Å². The zero-order chi connectivity index (χ0) is 10.6. The molecule has 0 amide bonds. The quantitative estimate of drug-likeness (QED) is 0.750. The van der Waals surface area contributed by atoms with E-state index in [-0.39, 0.29) is 21.8 Å². The molecule has 0 bridgehead atoms. The van der Waals surface area contributed by atoms with Crippen LogP contribution in [0.5, 0.6) is 0 Å². The van der Waals surface area contributed by atoms with Crippen LogP contribution >= 0.6 is 22.9 Å². The molecule has 0 atom stereocenters. The molecule has 1 aromatic rings. The summed E-state index contributed by atoms with van der Waals surface area (Å²) in [4.78, 5) is 3.63. The number of nitrogens with one attached hydrogen (secondary N) is 1. The van der Waals surface area contributed by atoms with Gasteiger partial charge in [0, 0.05) is 13.2 Å². The van der Waals surface area contributed by atoms with Crippen LogP contribution in [0, 0.1) is 0 Å². The Labute approximate surface area is 90.8 Å². The number of sulfonamides is 1. The number of aliphatic hydroxyl groups is 1. The van der Waals surface area contributed by atoms with Crippen LogP contribution in [0.15, 0.2) is 10.4 Å². The molecule has 1 aromatic heterocycles. The second kappa shape index (κ2) is 5.04. The van der Waals surface area contributed by atoms with Crippen molar-refractivity contribution >= 4 is 33.0 Å². The lowest BCUT2D eigenvalue weighted by atomic mass is 10.5. The summed E-state index contributed by atoms with van der Waals surface area (Å²) in [5.41, 5.74) is 0. The molecular formula is C6H9ClN2O3S2. The van der Waals surface area contributed by atoms with E-state index in [2.05, 4.69) is 9.71 Å². The van der Waals surface area contributed by atoms with Crippen LogP contribution in [0.4, 0.5) is 0 Å². The summed E-state index contributed by atoms with van der Waals surface area (Å²) in [6.07, 6.45) is 1.58. The fourth-order valence-electron chi connectivity index (χ4n) is 0.720. The normalized spacial score (nSPS) is 11.9. The predicted molar refractivity (Wildman–Crippen MR) is 54.0 cm³/mol. The van der Waals surface area contributed by atoms with Crippen LogP contribution in [0.3, 0.4) is 0 Å². The highest BCUT2D eigenvalue weighted by molar-refractivity contribution is 7.91. The van der Waals surface area contributed by atoms with Gasteiger partial charge in [0.25, 0.3) is 10.0 Å². The molecule has 80 valence electrons. The molecule has 14 heavy (non-hydrogen) atoms. The van der Waals surface area contributed by atoms with Gasteiger partial charge in [0.1, 0.15) is 0 Å². The Hall–Kier alpha value is -0.210. The zero-order valence-corrected chi connectivity index (χ0v) is 9.49. The van der Waals surface area contributed by atoms with Gasteiger partial charge in [-0.05, 0) is 6.42 Å². The second-order valence-corrected chi connectivity index (χ2v) is 6.01. The Balaban J connectivity index is 2.66. The van der Waals surface area contributed by atoms with Crippen LogP contribution in [0.2, 0.25) is 4.47 Å². The molecule has 0 aliphatic rings. The largest absolute Gasteiger partial charge is 0.396 e. The first-order valence-electron chi connectivity index (χ1n) is 3.78. The van der Waals surface area contributed by atoms with E-state index in [1.807, 2.05) is 0 Å². The van der Waals surface area contributed by atoms with Gasteiger partial charge in [-0.1, -0.05) is 22.9 Å². The summed E-state index contributed by atoms with van der Waals surface area (Å²) in [5.74, 6) is 0. The average molecular weight is 257 g/mol. The third-order valence-electron chi connectivity index (χ3n) is 1.35. The third kappa shape index (κ3) is 3.18. The van der Waals surface area contributed by atoms with Crippen molar-refractivity contribution < 1.29 is 13.5 Å². The molecule has 1 heterocycles. The standard InChI is InChI=1S/C6H9ClN2O3S2/c7-6-8-4-5(13-6)14(11,12)9-2-1-3-10/h4,9-10H,1-3H2. The zero-order valence-electron chi connectivity index (χ0n) is 7.10. The Morgan fingerprint density at radius 2 is 2.36 bits per heavy atom. The molecule has 0 aliphatic carbocycles. The highest BCUT2D eigenvalue weighted by atomic mass is 35.5. The van der Waals surface area contributed by atoms with Gasteiger partial charge in [0.15, 0.2) is 8.68 Å². The highest BCUT2D eigenvalue weighted by Crippen LogP contribution is 2.21. The maximum Gasteiger partial charge on any atom is 0.251 e. The predicted octanol–water partition coefficient (Wildman–Crippen LogP) is 0.457. The second-order valence-electron chi connectivity index (χ2n) is 2.41. The highest BCUT2D eigenvalue weighted by Gasteiger charge is 2.16. The Bertz CT molecular complexity index is 390. The summed E-state index contributed by atoms with van der Waals surface area (Å²) < 4.78 is 25.5. The molecule has 8 heteroatoms. The van der Waals surface area contributed by atoms with Gasteiger partial charge in [-0.25, -0.2) is 18.1 Å². The van der Waals surface area contributed by atoms with Gasteiger partial charge in [-0.3, -0.25) is 0 Å². The molecule has 0 saturated carbocycles. The van der Waals surface area contributed by atoms with E-state index in [4.69, 9.17) is 16.7 Å². The number of hydrogen-bond donors (Lipinski definition) is 2. The van der Waals surface area contributed by atoms with Gasteiger partial charge in [-0.15, -0.1) is 0 Å². The monoisotopic (exact) mass is 256 g/mol. The van der Waals surface area contributed by atoms with Crippen molar-refractivity contribution in [1.29, 1.82) is 0 Å². The Morgan fingerprint density at radius 1 is 1.64 bits per heavy atom. The maximum atomic E-state index is 11.4. The summed E-state index contributed by atoms with van der Waals surface area (Å²) >= 11 is 6.40. The number of hydrogen-bond acceptors (Lipinski definition) is 5. The van der Waals surface area contributed by atoms with E-state index in [0.717, 1.165) is 11.3 Å². The van der Waals surface area contributed by atoms with Crippen LogP contribution in [-0.4, -0.2) is 31.7 Å². The molecular weight excluding hydrogens is 248 g/mol. The molecule has 0 fully saturated rings. The van der Waals surface area contributed by atoms with Gasteiger partial charge in [0.05, 0.1) is 6.20 Å². The van der Waals surface area contributed by atoms with Crippen molar-refractivity contribution in [2.24, 2.45) is 0 Å². The van der Waals surface area contributed by atoms with E-state index >= 15 is 0 Å². The lowest BCUT2D eigenvalue weighted by molar-refractivity contribution is 0.289. The minimum Gasteiger partial charge on any atom is -0.396 e. The van der Waals surface area contributed by atoms with Crippen molar-refractivity contribution in [2.45, 2.75) is 10.6 Å². The first-order chi connectivity index (χ1) is 6.56. The van der Waals surface area contributed by atoms with Crippen molar-refractivity contribution in [3.63, 3.8) is 0 Å².